The van der Waals surface area contributed by atoms with Crippen molar-refractivity contribution in [2.24, 2.45) is 11.8 Å². The number of hydrogen-bond donors (Lipinski definition) is 0. The summed E-state index contributed by atoms with van der Waals surface area (Å²) in [6.07, 6.45) is 7.11. The average molecular weight is 208 g/mol. The van der Waals surface area contributed by atoms with Gasteiger partial charge in [0.25, 0.3) is 0 Å². The maximum absolute atomic E-state index is 11.5. The summed E-state index contributed by atoms with van der Waals surface area (Å²) >= 11 is 0. The monoisotopic (exact) mass is 208 g/mol. The Bertz CT molecular complexity index is 258. The van der Waals surface area contributed by atoms with E-state index in [4.69, 9.17) is 4.74 Å². The first-order valence-corrected chi connectivity index (χ1v) is 6.09. The number of carbonyl (C=O) groups is 1. The van der Waals surface area contributed by atoms with Gasteiger partial charge >= 0.3 is 5.97 Å². The Hall–Kier alpha value is -0.790. The van der Waals surface area contributed by atoms with Gasteiger partial charge in [-0.25, -0.2) is 4.79 Å². The third kappa shape index (κ3) is 2.24. The summed E-state index contributed by atoms with van der Waals surface area (Å²) in [6, 6.07) is 0. The van der Waals surface area contributed by atoms with Crippen molar-refractivity contribution in [2.75, 3.05) is 0 Å². The Morgan fingerprint density at radius 2 is 1.93 bits per heavy atom. The second kappa shape index (κ2) is 4.38. The van der Waals surface area contributed by atoms with Crippen LogP contribution in [0.5, 0.6) is 0 Å². The first-order chi connectivity index (χ1) is 7.20. The largest absolute Gasteiger partial charge is 0.459 e. The fraction of sp³-hybridized carbons (Fsp3) is 0.769. The van der Waals surface area contributed by atoms with Gasteiger partial charge in [0.1, 0.15) is 6.10 Å². The van der Waals surface area contributed by atoms with Crippen LogP contribution in [0.2, 0.25) is 0 Å². The minimum atomic E-state index is -0.178. The van der Waals surface area contributed by atoms with E-state index in [0.717, 1.165) is 24.7 Å². The van der Waals surface area contributed by atoms with Gasteiger partial charge < -0.3 is 4.74 Å². The van der Waals surface area contributed by atoms with Crippen molar-refractivity contribution < 1.29 is 9.53 Å². The smallest absolute Gasteiger partial charge is 0.333 e. The molecule has 0 saturated heterocycles. The molecule has 0 aromatic carbocycles. The first kappa shape index (κ1) is 10.7. The van der Waals surface area contributed by atoms with Crippen molar-refractivity contribution in [3.05, 3.63) is 12.2 Å². The lowest BCUT2D eigenvalue weighted by Crippen LogP contribution is -2.16. The molecule has 2 saturated carbocycles. The van der Waals surface area contributed by atoms with E-state index in [1.165, 1.54) is 19.3 Å². The highest BCUT2D eigenvalue weighted by molar-refractivity contribution is 5.87. The SMILES string of the molecule is C=C(CC)C(=O)OC1CC2CCCC2C1. The van der Waals surface area contributed by atoms with Crippen LogP contribution in [0, 0.1) is 11.8 Å². The lowest BCUT2D eigenvalue weighted by atomic mass is 10.0. The lowest BCUT2D eigenvalue weighted by Gasteiger charge is -2.13. The van der Waals surface area contributed by atoms with Crippen molar-refractivity contribution in [3.63, 3.8) is 0 Å². The Morgan fingerprint density at radius 3 is 2.47 bits per heavy atom. The van der Waals surface area contributed by atoms with Crippen molar-refractivity contribution in [2.45, 2.75) is 51.6 Å². The third-order valence-electron chi connectivity index (χ3n) is 3.94. The zero-order chi connectivity index (χ0) is 10.8. The van der Waals surface area contributed by atoms with Crippen molar-refractivity contribution in [1.29, 1.82) is 0 Å². The standard InChI is InChI=1S/C13H20O2/c1-3-9(2)13(14)15-12-7-10-5-4-6-11(10)8-12/h10-12H,2-8H2,1H3. The summed E-state index contributed by atoms with van der Waals surface area (Å²) in [5.74, 6) is 1.48. The molecule has 0 N–H and O–H groups in total. The summed E-state index contributed by atoms with van der Waals surface area (Å²) in [7, 11) is 0. The lowest BCUT2D eigenvalue weighted by molar-refractivity contribution is -0.144. The normalized spacial score (nSPS) is 33.8. The molecule has 2 unspecified atom stereocenters. The molecule has 0 aromatic heterocycles. The van der Waals surface area contributed by atoms with E-state index in [0.29, 0.717) is 12.0 Å². The molecule has 0 heterocycles. The molecule has 0 aliphatic heterocycles. The van der Waals surface area contributed by atoms with E-state index >= 15 is 0 Å². The zero-order valence-electron chi connectivity index (χ0n) is 9.50. The van der Waals surface area contributed by atoms with E-state index in [-0.39, 0.29) is 12.1 Å². The van der Waals surface area contributed by atoms with Crippen LogP contribution >= 0.6 is 0 Å². The number of hydrogen-bond acceptors (Lipinski definition) is 2. The molecule has 0 aromatic rings. The van der Waals surface area contributed by atoms with Crippen molar-refractivity contribution in [1.82, 2.24) is 0 Å². The van der Waals surface area contributed by atoms with Gasteiger partial charge in [-0.15, -0.1) is 0 Å². The van der Waals surface area contributed by atoms with Gasteiger partial charge in [0, 0.05) is 5.57 Å². The van der Waals surface area contributed by atoms with E-state index < -0.39 is 0 Å². The molecule has 15 heavy (non-hydrogen) atoms. The highest BCUT2D eigenvalue weighted by Crippen LogP contribution is 2.45. The highest BCUT2D eigenvalue weighted by Gasteiger charge is 2.38. The number of esters is 1. The van der Waals surface area contributed by atoms with Crippen LogP contribution in [0.15, 0.2) is 12.2 Å². The molecule has 2 fully saturated rings. The number of fused-ring (bicyclic) bond motifs is 1. The van der Waals surface area contributed by atoms with Gasteiger partial charge in [-0.3, -0.25) is 0 Å². The maximum Gasteiger partial charge on any atom is 0.333 e. The number of ether oxygens (including phenoxy) is 1. The minimum absolute atomic E-state index is 0.177. The molecule has 2 atom stereocenters. The van der Waals surface area contributed by atoms with Crippen LogP contribution < -0.4 is 0 Å². The van der Waals surface area contributed by atoms with Gasteiger partial charge in [-0.2, -0.15) is 0 Å². The summed E-state index contributed by atoms with van der Waals surface area (Å²) in [4.78, 5) is 11.5. The summed E-state index contributed by atoms with van der Waals surface area (Å²) in [6.45, 7) is 5.65. The zero-order valence-corrected chi connectivity index (χ0v) is 9.50. The number of carbonyl (C=O) groups excluding carboxylic acids is 1. The Kier molecular flexibility index (Phi) is 3.13. The van der Waals surface area contributed by atoms with Crippen LogP contribution in [-0.4, -0.2) is 12.1 Å². The third-order valence-corrected chi connectivity index (χ3v) is 3.94. The Labute approximate surface area is 91.7 Å². The van der Waals surface area contributed by atoms with Crippen LogP contribution in [-0.2, 0) is 9.53 Å². The molecular formula is C13H20O2. The van der Waals surface area contributed by atoms with E-state index in [1.807, 2.05) is 6.92 Å². The highest BCUT2D eigenvalue weighted by atomic mass is 16.5. The summed E-state index contributed by atoms with van der Waals surface area (Å²) in [5.41, 5.74) is 0.604. The van der Waals surface area contributed by atoms with E-state index in [1.54, 1.807) is 0 Å². The van der Waals surface area contributed by atoms with Crippen LogP contribution in [0.4, 0.5) is 0 Å². The molecule has 0 spiro atoms. The van der Waals surface area contributed by atoms with Gasteiger partial charge in [0.15, 0.2) is 0 Å². The fourth-order valence-corrected chi connectivity index (χ4v) is 2.98. The predicted molar refractivity (Wildman–Crippen MR) is 59.4 cm³/mol. The number of rotatable bonds is 3. The van der Waals surface area contributed by atoms with Crippen LogP contribution in [0.25, 0.3) is 0 Å². The molecule has 0 amide bonds. The summed E-state index contributed by atoms with van der Waals surface area (Å²) in [5, 5.41) is 0. The molecule has 84 valence electrons. The molecule has 0 radical (unpaired) electrons. The Morgan fingerprint density at radius 1 is 1.33 bits per heavy atom. The maximum atomic E-state index is 11.5. The molecule has 2 aliphatic rings. The second-order valence-electron chi connectivity index (χ2n) is 4.91. The molecule has 2 nitrogen and oxygen atoms in total. The second-order valence-corrected chi connectivity index (χ2v) is 4.91. The van der Waals surface area contributed by atoms with Gasteiger partial charge in [-0.1, -0.05) is 32.8 Å². The molecular weight excluding hydrogens is 188 g/mol. The van der Waals surface area contributed by atoms with Gasteiger partial charge in [0.05, 0.1) is 0 Å². The summed E-state index contributed by atoms with van der Waals surface area (Å²) < 4.78 is 5.46. The fourth-order valence-electron chi connectivity index (χ4n) is 2.98. The van der Waals surface area contributed by atoms with Gasteiger partial charge in [-0.05, 0) is 31.1 Å². The van der Waals surface area contributed by atoms with Crippen LogP contribution in [0.1, 0.15) is 45.4 Å². The average Bonchev–Trinajstić information content (AvgIpc) is 2.76. The minimum Gasteiger partial charge on any atom is -0.459 e. The molecule has 0 bridgehead atoms. The molecule has 2 rings (SSSR count). The molecule has 2 aliphatic carbocycles. The van der Waals surface area contributed by atoms with Gasteiger partial charge in [0.2, 0.25) is 0 Å². The molecule has 2 heteroatoms. The topological polar surface area (TPSA) is 26.3 Å². The van der Waals surface area contributed by atoms with Crippen molar-refractivity contribution in [3.8, 4) is 0 Å². The quantitative estimate of drug-likeness (QED) is 0.526. The Balaban J connectivity index is 1.82. The predicted octanol–water partition coefficient (Wildman–Crippen LogP) is 3.07. The first-order valence-electron chi connectivity index (χ1n) is 6.09. The van der Waals surface area contributed by atoms with Crippen LogP contribution in [0.3, 0.4) is 0 Å². The van der Waals surface area contributed by atoms with Crippen molar-refractivity contribution >= 4 is 5.97 Å². The van der Waals surface area contributed by atoms with E-state index in [2.05, 4.69) is 6.58 Å². The van der Waals surface area contributed by atoms with E-state index in [9.17, 15) is 4.79 Å².